The molecular formula is C29H25ClN2O7. The first-order valence-corrected chi connectivity index (χ1v) is 12.5. The average molecular weight is 549 g/mol. The van der Waals surface area contributed by atoms with E-state index in [2.05, 4.69) is 5.32 Å². The molecule has 4 rings (SSSR count). The number of esters is 1. The molecule has 39 heavy (non-hydrogen) atoms. The maximum atomic E-state index is 13.3. The summed E-state index contributed by atoms with van der Waals surface area (Å²) in [5.41, 5.74) is 1.60. The van der Waals surface area contributed by atoms with E-state index < -0.39 is 23.8 Å². The summed E-state index contributed by atoms with van der Waals surface area (Å²) in [6.45, 7) is 4.37. The summed E-state index contributed by atoms with van der Waals surface area (Å²) in [5, 5.41) is 2.81. The Morgan fingerprint density at radius 3 is 2.28 bits per heavy atom. The number of nitrogens with one attached hydrogen (secondary N) is 1. The Labute approximate surface area is 229 Å². The molecular weight excluding hydrogens is 524 g/mol. The standard InChI is InChI=1S/C29H25ClN2O7/c1-3-37-25-16-19(7-14-24(25)39-17-18-5-10-21(30)11-6-18)15-23-26(33)31-29(36)32(27(23)34)22-12-8-20(9-13-22)28(35)38-4-2/h5-16H,3-4,17H2,1-2H3,(H,31,33,36)/b23-15+. The van der Waals surface area contributed by atoms with Crippen LogP contribution in [0, 0.1) is 0 Å². The number of benzene rings is 3. The Bertz CT molecular complexity index is 1430. The number of anilines is 1. The molecule has 4 amide bonds. The smallest absolute Gasteiger partial charge is 0.338 e. The van der Waals surface area contributed by atoms with Crippen LogP contribution in [0.3, 0.4) is 0 Å². The van der Waals surface area contributed by atoms with Gasteiger partial charge in [-0.1, -0.05) is 29.8 Å². The monoisotopic (exact) mass is 548 g/mol. The quantitative estimate of drug-likeness (QED) is 0.223. The largest absolute Gasteiger partial charge is 0.490 e. The maximum absolute atomic E-state index is 13.3. The van der Waals surface area contributed by atoms with E-state index in [-0.39, 0.29) is 30.0 Å². The summed E-state index contributed by atoms with van der Waals surface area (Å²) in [5.74, 6) is -1.27. The summed E-state index contributed by atoms with van der Waals surface area (Å²) in [6, 6.07) is 17.1. The fourth-order valence-electron chi connectivity index (χ4n) is 3.76. The minimum atomic E-state index is -0.896. The van der Waals surface area contributed by atoms with Crippen LogP contribution >= 0.6 is 11.6 Å². The van der Waals surface area contributed by atoms with Crippen LogP contribution in [-0.2, 0) is 20.9 Å². The van der Waals surface area contributed by atoms with Gasteiger partial charge in [0.2, 0.25) is 0 Å². The van der Waals surface area contributed by atoms with Gasteiger partial charge in [0.15, 0.2) is 11.5 Å². The third kappa shape index (κ3) is 6.45. The number of rotatable bonds is 9. The Kier molecular flexibility index (Phi) is 8.63. The van der Waals surface area contributed by atoms with Crippen LogP contribution in [-0.4, -0.2) is 37.0 Å². The SMILES string of the molecule is CCOC(=O)c1ccc(N2C(=O)NC(=O)/C(=C\c3ccc(OCc4ccc(Cl)cc4)c(OCC)c3)C2=O)cc1. The van der Waals surface area contributed by atoms with E-state index in [4.69, 9.17) is 25.8 Å². The number of halogens is 1. The van der Waals surface area contributed by atoms with E-state index in [0.29, 0.717) is 28.7 Å². The second kappa shape index (κ2) is 12.3. The minimum Gasteiger partial charge on any atom is -0.490 e. The number of amides is 4. The van der Waals surface area contributed by atoms with Crippen LogP contribution < -0.4 is 19.7 Å². The van der Waals surface area contributed by atoms with Crippen LogP contribution in [0.2, 0.25) is 5.02 Å². The maximum Gasteiger partial charge on any atom is 0.338 e. The fourth-order valence-corrected chi connectivity index (χ4v) is 3.89. The molecule has 0 radical (unpaired) electrons. The summed E-state index contributed by atoms with van der Waals surface area (Å²) in [6.07, 6.45) is 1.37. The van der Waals surface area contributed by atoms with Gasteiger partial charge in [-0.25, -0.2) is 14.5 Å². The van der Waals surface area contributed by atoms with Crippen molar-refractivity contribution in [3.8, 4) is 11.5 Å². The molecule has 0 saturated carbocycles. The average Bonchev–Trinajstić information content (AvgIpc) is 2.92. The molecule has 1 saturated heterocycles. The van der Waals surface area contributed by atoms with E-state index >= 15 is 0 Å². The van der Waals surface area contributed by atoms with Crippen molar-refractivity contribution in [2.45, 2.75) is 20.5 Å². The molecule has 10 heteroatoms. The Morgan fingerprint density at radius 1 is 0.897 bits per heavy atom. The zero-order valence-electron chi connectivity index (χ0n) is 21.2. The highest BCUT2D eigenvalue weighted by Gasteiger charge is 2.37. The van der Waals surface area contributed by atoms with Crippen molar-refractivity contribution in [3.05, 3.63) is 94.0 Å². The first-order valence-electron chi connectivity index (χ1n) is 12.1. The summed E-state index contributed by atoms with van der Waals surface area (Å²) < 4.78 is 16.6. The summed E-state index contributed by atoms with van der Waals surface area (Å²) in [4.78, 5) is 51.1. The van der Waals surface area contributed by atoms with E-state index in [1.165, 1.54) is 30.3 Å². The fraction of sp³-hybridized carbons (Fsp3) is 0.172. The second-order valence-corrected chi connectivity index (χ2v) is 8.72. The van der Waals surface area contributed by atoms with Gasteiger partial charge in [0.05, 0.1) is 24.5 Å². The molecule has 0 spiro atoms. The number of ether oxygens (including phenoxy) is 3. The van der Waals surface area contributed by atoms with Gasteiger partial charge in [0, 0.05) is 5.02 Å². The van der Waals surface area contributed by atoms with Crippen molar-refractivity contribution in [2.75, 3.05) is 18.1 Å². The number of nitrogens with zero attached hydrogens (tertiary/aromatic N) is 1. The molecule has 0 unspecified atom stereocenters. The lowest BCUT2D eigenvalue weighted by Gasteiger charge is -2.26. The van der Waals surface area contributed by atoms with E-state index in [1.807, 2.05) is 19.1 Å². The van der Waals surface area contributed by atoms with Crippen molar-refractivity contribution in [1.82, 2.24) is 5.32 Å². The highest BCUT2D eigenvalue weighted by atomic mass is 35.5. The lowest BCUT2D eigenvalue weighted by Crippen LogP contribution is -2.54. The first-order chi connectivity index (χ1) is 18.8. The topological polar surface area (TPSA) is 111 Å². The number of carbonyl (C=O) groups is 4. The molecule has 3 aromatic carbocycles. The van der Waals surface area contributed by atoms with Gasteiger partial charge >= 0.3 is 12.0 Å². The van der Waals surface area contributed by atoms with Crippen LogP contribution in [0.5, 0.6) is 11.5 Å². The normalized spacial score (nSPS) is 14.3. The molecule has 1 N–H and O–H groups in total. The number of barbiturate groups is 1. The minimum absolute atomic E-state index is 0.185. The third-order valence-electron chi connectivity index (χ3n) is 5.62. The lowest BCUT2D eigenvalue weighted by atomic mass is 10.1. The van der Waals surface area contributed by atoms with Gasteiger partial charge in [-0.3, -0.25) is 14.9 Å². The lowest BCUT2D eigenvalue weighted by molar-refractivity contribution is -0.122. The van der Waals surface area contributed by atoms with E-state index in [9.17, 15) is 19.2 Å². The number of urea groups is 1. The van der Waals surface area contributed by atoms with Crippen LogP contribution in [0.4, 0.5) is 10.5 Å². The molecule has 1 aliphatic rings. The predicted octanol–water partition coefficient (Wildman–Crippen LogP) is 5.16. The first kappa shape index (κ1) is 27.4. The zero-order chi connectivity index (χ0) is 27.9. The van der Waals surface area contributed by atoms with Gasteiger partial charge in [-0.05, 0) is 79.6 Å². The van der Waals surface area contributed by atoms with Gasteiger partial charge in [0.25, 0.3) is 11.8 Å². The van der Waals surface area contributed by atoms with Crippen molar-refractivity contribution >= 4 is 47.2 Å². The van der Waals surface area contributed by atoms with E-state index in [0.717, 1.165) is 10.5 Å². The number of hydrogen-bond acceptors (Lipinski definition) is 7. The Hall–Kier alpha value is -4.63. The zero-order valence-corrected chi connectivity index (χ0v) is 22.0. The molecule has 1 heterocycles. The van der Waals surface area contributed by atoms with Gasteiger partial charge < -0.3 is 14.2 Å². The molecule has 0 aromatic heterocycles. The Balaban J connectivity index is 1.58. The van der Waals surface area contributed by atoms with Crippen molar-refractivity contribution in [1.29, 1.82) is 0 Å². The van der Waals surface area contributed by atoms with Gasteiger partial charge in [-0.15, -0.1) is 0 Å². The predicted molar refractivity (Wildman–Crippen MR) is 145 cm³/mol. The molecule has 0 atom stereocenters. The van der Waals surface area contributed by atoms with Gasteiger partial charge in [-0.2, -0.15) is 0 Å². The van der Waals surface area contributed by atoms with Crippen LogP contribution in [0.1, 0.15) is 35.3 Å². The van der Waals surface area contributed by atoms with Crippen LogP contribution in [0.15, 0.2) is 72.3 Å². The van der Waals surface area contributed by atoms with Crippen molar-refractivity contribution < 1.29 is 33.4 Å². The van der Waals surface area contributed by atoms with Crippen LogP contribution in [0.25, 0.3) is 6.08 Å². The molecule has 3 aromatic rings. The molecule has 0 aliphatic carbocycles. The molecule has 0 bridgehead atoms. The van der Waals surface area contributed by atoms with E-state index in [1.54, 1.807) is 37.3 Å². The molecule has 1 fully saturated rings. The number of hydrogen-bond donors (Lipinski definition) is 1. The van der Waals surface area contributed by atoms with Crippen molar-refractivity contribution in [2.24, 2.45) is 0 Å². The summed E-state index contributed by atoms with van der Waals surface area (Å²) in [7, 11) is 0. The highest BCUT2D eigenvalue weighted by molar-refractivity contribution is 6.39. The molecule has 9 nitrogen and oxygen atoms in total. The van der Waals surface area contributed by atoms with Gasteiger partial charge in [0.1, 0.15) is 12.2 Å². The summed E-state index contributed by atoms with van der Waals surface area (Å²) >= 11 is 5.94. The third-order valence-corrected chi connectivity index (χ3v) is 5.88. The molecule has 1 aliphatic heterocycles. The Morgan fingerprint density at radius 2 is 1.62 bits per heavy atom. The highest BCUT2D eigenvalue weighted by Crippen LogP contribution is 2.31. The van der Waals surface area contributed by atoms with Crippen molar-refractivity contribution in [3.63, 3.8) is 0 Å². The molecule has 200 valence electrons. The number of imide groups is 2. The second-order valence-electron chi connectivity index (χ2n) is 8.28. The number of carbonyl (C=O) groups excluding carboxylic acids is 4.